The van der Waals surface area contributed by atoms with Gasteiger partial charge in [0.25, 0.3) is 0 Å². The summed E-state index contributed by atoms with van der Waals surface area (Å²) < 4.78 is 31.5. The van der Waals surface area contributed by atoms with Crippen molar-refractivity contribution in [2.75, 3.05) is 0 Å². The minimum Gasteiger partial charge on any atom is -0.489 e. The maximum Gasteiger partial charge on any atom is 0.159 e. The van der Waals surface area contributed by atoms with E-state index in [0.717, 1.165) is 23.3 Å². The van der Waals surface area contributed by atoms with Crippen LogP contribution in [0.25, 0.3) is 0 Å². The lowest BCUT2D eigenvalue weighted by Gasteiger charge is -2.12. The van der Waals surface area contributed by atoms with Crippen molar-refractivity contribution in [3.05, 3.63) is 64.7 Å². The Morgan fingerprint density at radius 3 is 2.45 bits per heavy atom. The monoisotopic (exact) mass is 278 g/mol. The number of hydrogen-bond donors (Lipinski definition) is 1. The van der Waals surface area contributed by atoms with Crippen molar-refractivity contribution in [1.82, 2.24) is 0 Å². The summed E-state index contributed by atoms with van der Waals surface area (Å²) >= 11 is 0. The van der Waals surface area contributed by atoms with Crippen molar-refractivity contribution in [3.63, 3.8) is 0 Å². The van der Waals surface area contributed by atoms with E-state index in [-0.39, 0.29) is 6.61 Å². The van der Waals surface area contributed by atoms with E-state index in [4.69, 9.17) is 4.74 Å². The molecule has 0 aliphatic heterocycles. The second-order valence-corrected chi connectivity index (χ2v) is 4.74. The van der Waals surface area contributed by atoms with Gasteiger partial charge in [0.05, 0.1) is 6.10 Å². The third kappa shape index (κ3) is 3.33. The topological polar surface area (TPSA) is 29.5 Å². The Hall–Kier alpha value is -1.94. The van der Waals surface area contributed by atoms with Gasteiger partial charge in [0.2, 0.25) is 0 Å². The first-order valence-corrected chi connectivity index (χ1v) is 6.32. The maximum absolute atomic E-state index is 13.1. The summed E-state index contributed by atoms with van der Waals surface area (Å²) in [6.45, 7) is 3.72. The summed E-state index contributed by atoms with van der Waals surface area (Å²) in [5.74, 6) is -1.10. The molecule has 0 heterocycles. The van der Waals surface area contributed by atoms with Gasteiger partial charge in [-0.3, -0.25) is 0 Å². The van der Waals surface area contributed by atoms with Crippen LogP contribution in [0.3, 0.4) is 0 Å². The summed E-state index contributed by atoms with van der Waals surface area (Å²) in [7, 11) is 0. The number of aliphatic hydroxyl groups excluding tert-OH is 1. The molecule has 0 radical (unpaired) electrons. The van der Waals surface area contributed by atoms with Gasteiger partial charge in [0, 0.05) is 0 Å². The number of benzene rings is 2. The Morgan fingerprint density at radius 1 is 1.10 bits per heavy atom. The molecule has 2 aromatic carbocycles. The normalized spacial score (nSPS) is 12.2. The van der Waals surface area contributed by atoms with Gasteiger partial charge in [-0.2, -0.15) is 0 Å². The highest BCUT2D eigenvalue weighted by molar-refractivity contribution is 5.37. The summed E-state index contributed by atoms with van der Waals surface area (Å²) in [6.07, 6.45) is -0.533. The third-order valence-electron chi connectivity index (χ3n) is 3.06. The molecule has 0 bridgehead atoms. The molecule has 0 aliphatic carbocycles. The molecule has 106 valence electrons. The van der Waals surface area contributed by atoms with Crippen LogP contribution >= 0.6 is 0 Å². The molecule has 0 saturated carbocycles. The Bertz CT molecular complexity index is 609. The quantitative estimate of drug-likeness (QED) is 0.919. The smallest absolute Gasteiger partial charge is 0.159 e. The Labute approximate surface area is 116 Å². The van der Waals surface area contributed by atoms with E-state index in [9.17, 15) is 13.9 Å². The van der Waals surface area contributed by atoms with Crippen molar-refractivity contribution in [2.24, 2.45) is 0 Å². The van der Waals surface area contributed by atoms with Crippen LogP contribution in [0, 0.1) is 18.6 Å². The first-order valence-electron chi connectivity index (χ1n) is 6.32. The van der Waals surface area contributed by atoms with Gasteiger partial charge in [-0.25, -0.2) is 8.78 Å². The molecule has 0 amide bonds. The predicted octanol–water partition coefficient (Wildman–Crippen LogP) is 3.91. The minimum absolute atomic E-state index is 0.159. The molecule has 1 N–H and O–H groups in total. The second-order valence-electron chi connectivity index (χ2n) is 4.74. The lowest BCUT2D eigenvalue weighted by molar-refractivity contribution is 0.199. The van der Waals surface area contributed by atoms with Crippen LogP contribution in [0.2, 0.25) is 0 Å². The first-order chi connectivity index (χ1) is 9.47. The highest BCUT2D eigenvalue weighted by Crippen LogP contribution is 2.23. The van der Waals surface area contributed by atoms with Crippen molar-refractivity contribution < 1.29 is 18.6 Å². The van der Waals surface area contributed by atoms with E-state index in [2.05, 4.69) is 0 Å². The van der Waals surface area contributed by atoms with Gasteiger partial charge in [-0.05, 0) is 54.8 Å². The molecule has 0 unspecified atom stereocenters. The van der Waals surface area contributed by atoms with E-state index in [0.29, 0.717) is 11.3 Å². The average molecular weight is 278 g/mol. The van der Waals surface area contributed by atoms with Crippen molar-refractivity contribution in [3.8, 4) is 5.75 Å². The van der Waals surface area contributed by atoms with Crippen molar-refractivity contribution >= 4 is 0 Å². The third-order valence-corrected chi connectivity index (χ3v) is 3.06. The van der Waals surface area contributed by atoms with Crippen molar-refractivity contribution in [1.29, 1.82) is 0 Å². The Morgan fingerprint density at radius 2 is 1.85 bits per heavy atom. The molecule has 2 rings (SSSR count). The SMILES string of the molecule is Cc1cc([C@H](C)O)ccc1OCc1ccc(F)c(F)c1. The predicted molar refractivity (Wildman–Crippen MR) is 72.5 cm³/mol. The fourth-order valence-corrected chi connectivity index (χ4v) is 1.88. The fraction of sp³-hybridized carbons (Fsp3) is 0.250. The maximum atomic E-state index is 13.1. The molecule has 0 aromatic heterocycles. The van der Waals surface area contributed by atoms with Crippen LogP contribution in [0.5, 0.6) is 5.75 Å². The average Bonchev–Trinajstić information content (AvgIpc) is 2.41. The van der Waals surface area contributed by atoms with Gasteiger partial charge < -0.3 is 9.84 Å². The molecular formula is C16H16F2O2. The van der Waals surface area contributed by atoms with Crippen LogP contribution in [0.1, 0.15) is 29.7 Å². The van der Waals surface area contributed by atoms with Gasteiger partial charge in [0.1, 0.15) is 12.4 Å². The van der Waals surface area contributed by atoms with Gasteiger partial charge >= 0.3 is 0 Å². The molecule has 2 aromatic rings. The zero-order valence-corrected chi connectivity index (χ0v) is 11.4. The summed E-state index contributed by atoms with van der Waals surface area (Å²) in [6, 6.07) is 9.06. The lowest BCUT2D eigenvalue weighted by atomic mass is 10.1. The Balaban J connectivity index is 2.09. The largest absolute Gasteiger partial charge is 0.489 e. The molecule has 0 aliphatic rings. The zero-order valence-electron chi connectivity index (χ0n) is 11.4. The number of hydrogen-bond acceptors (Lipinski definition) is 2. The highest BCUT2D eigenvalue weighted by Gasteiger charge is 2.07. The molecule has 1 atom stereocenters. The molecule has 4 heteroatoms. The van der Waals surface area contributed by atoms with Crippen LogP contribution < -0.4 is 4.74 Å². The molecule has 0 fully saturated rings. The van der Waals surface area contributed by atoms with Crippen LogP contribution in [-0.2, 0) is 6.61 Å². The number of ether oxygens (including phenoxy) is 1. The Kier molecular flexibility index (Phi) is 4.35. The molecule has 20 heavy (non-hydrogen) atoms. The number of rotatable bonds is 4. The molecule has 0 saturated heterocycles. The van der Waals surface area contributed by atoms with Gasteiger partial charge in [-0.15, -0.1) is 0 Å². The summed E-state index contributed by atoms with van der Waals surface area (Å²) in [4.78, 5) is 0. The first kappa shape index (κ1) is 14.5. The van der Waals surface area contributed by atoms with Crippen LogP contribution in [-0.4, -0.2) is 5.11 Å². The van der Waals surface area contributed by atoms with Crippen LogP contribution in [0.15, 0.2) is 36.4 Å². The minimum atomic E-state index is -0.882. The van der Waals surface area contributed by atoms with Crippen LogP contribution in [0.4, 0.5) is 8.78 Å². The highest BCUT2D eigenvalue weighted by atomic mass is 19.2. The van der Waals surface area contributed by atoms with E-state index in [1.807, 2.05) is 13.0 Å². The van der Waals surface area contributed by atoms with Gasteiger partial charge in [-0.1, -0.05) is 12.1 Å². The van der Waals surface area contributed by atoms with E-state index in [1.54, 1.807) is 19.1 Å². The standard InChI is InChI=1S/C16H16F2O2/c1-10-7-13(11(2)19)4-6-16(10)20-9-12-3-5-14(17)15(18)8-12/h3-8,11,19H,9H2,1-2H3/t11-/m0/s1. The summed E-state index contributed by atoms with van der Waals surface area (Å²) in [5.41, 5.74) is 2.25. The van der Waals surface area contributed by atoms with Gasteiger partial charge in [0.15, 0.2) is 11.6 Å². The number of aliphatic hydroxyl groups is 1. The zero-order chi connectivity index (χ0) is 14.7. The molecule has 0 spiro atoms. The van der Waals surface area contributed by atoms with E-state index >= 15 is 0 Å². The summed E-state index contributed by atoms with van der Waals surface area (Å²) in [5, 5.41) is 9.49. The second kappa shape index (κ2) is 6.01. The number of aryl methyl sites for hydroxylation is 1. The van der Waals surface area contributed by atoms with E-state index in [1.165, 1.54) is 6.07 Å². The molecule has 2 nitrogen and oxygen atoms in total. The number of halogens is 2. The van der Waals surface area contributed by atoms with E-state index < -0.39 is 17.7 Å². The van der Waals surface area contributed by atoms with Crippen molar-refractivity contribution in [2.45, 2.75) is 26.6 Å². The molecular weight excluding hydrogens is 262 g/mol. The lowest BCUT2D eigenvalue weighted by Crippen LogP contribution is -2.00. The fourth-order valence-electron chi connectivity index (χ4n) is 1.88.